The maximum absolute atomic E-state index is 11.9. The normalized spacial score (nSPS) is 18.8. The van der Waals surface area contributed by atoms with Crippen molar-refractivity contribution in [1.82, 2.24) is 5.32 Å². The van der Waals surface area contributed by atoms with E-state index in [4.69, 9.17) is 4.74 Å². The van der Waals surface area contributed by atoms with Gasteiger partial charge in [0.2, 0.25) is 5.91 Å². The number of carbonyl (C=O) groups excluding carboxylic acids is 1. The lowest BCUT2D eigenvalue weighted by Gasteiger charge is -2.24. The molecule has 0 aromatic carbocycles. The number of hydrogen-bond donors (Lipinski definition) is 2. The first-order valence-corrected chi connectivity index (χ1v) is 6.02. The van der Waals surface area contributed by atoms with E-state index in [0.717, 1.165) is 12.8 Å². The van der Waals surface area contributed by atoms with Crippen LogP contribution in [0, 0.1) is 5.41 Å². The highest BCUT2D eigenvalue weighted by Gasteiger charge is 2.42. The largest absolute Gasteiger partial charge is 0.480 e. The van der Waals surface area contributed by atoms with Crippen molar-refractivity contribution in [1.29, 1.82) is 0 Å². The first-order chi connectivity index (χ1) is 7.86. The molecule has 1 aliphatic rings. The number of rotatable bonds is 7. The molecular weight excluding hydrogens is 222 g/mol. The third-order valence-electron chi connectivity index (χ3n) is 2.94. The van der Waals surface area contributed by atoms with Gasteiger partial charge >= 0.3 is 5.97 Å². The molecule has 98 valence electrons. The highest BCUT2D eigenvalue weighted by molar-refractivity contribution is 6.01. The Morgan fingerprint density at radius 2 is 2.06 bits per heavy atom. The van der Waals surface area contributed by atoms with Crippen molar-refractivity contribution in [2.45, 2.75) is 52.2 Å². The van der Waals surface area contributed by atoms with Crippen LogP contribution >= 0.6 is 0 Å². The van der Waals surface area contributed by atoms with E-state index in [0.29, 0.717) is 0 Å². The Balaban J connectivity index is 2.53. The zero-order valence-electron chi connectivity index (χ0n) is 10.7. The molecule has 5 nitrogen and oxygen atoms in total. The first kappa shape index (κ1) is 14.0. The molecule has 1 unspecified atom stereocenters. The van der Waals surface area contributed by atoms with E-state index in [-0.39, 0.29) is 25.2 Å². The minimum absolute atomic E-state index is 0.0412. The Kier molecular flexibility index (Phi) is 4.51. The molecule has 0 saturated heterocycles. The molecule has 0 aliphatic heterocycles. The Morgan fingerprint density at radius 3 is 2.47 bits per heavy atom. The van der Waals surface area contributed by atoms with Crippen LogP contribution in [0.25, 0.3) is 0 Å². The van der Waals surface area contributed by atoms with E-state index in [1.807, 2.05) is 13.8 Å². The fraction of sp³-hybridized carbons (Fsp3) is 0.833. The van der Waals surface area contributed by atoms with E-state index < -0.39 is 17.3 Å². The third kappa shape index (κ3) is 4.00. The summed E-state index contributed by atoms with van der Waals surface area (Å²) in [6, 6.07) is 0.173. The number of amides is 1. The third-order valence-corrected chi connectivity index (χ3v) is 2.94. The summed E-state index contributed by atoms with van der Waals surface area (Å²) in [5.41, 5.74) is -1.39. The van der Waals surface area contributed by atoms with Crippen LogP contribution in [0.3, 0.4) is 0 Å². The predicted octanol–water partition coefficient (Wildman–Crippen LogP) is 1.17. The van der Waals surface area contributed by atoms with Crippen molar-refractivity contribution in [3.63, 3.8) is 0 Å². The minimum Gasteiger partial charge on any atom is -0.480 e. The van der Waals surface area contributed by atoms with Gasteiger partial charge in [0.05, 0.1) is 6.10 Å². The lowest BCUT2D eigenvalue weighted by molar-refractivity contribution is -0.156. The van der Waals surface area contributed by atoms with Crippen LogP contribution in [-0.4, -0.2) is 35.7 Å². The summed E-state index contributed by atoms with van der Waals surface area (Å²) in [6.07, 6.45) is 2.13. The maximum atomic E-state index is 11.9. The molecule has 5 heteroatoms. The number of carboxylic acids is 1. The zero-order chi connectivity index (χ0) is 13.1. The van der Waals surface area contributed by atoms with Gasteiger partial charge in [-0.1, -0.05) is 0 Å². The molecule has 1 fully saturated rings. The van der Waals surface area contributed by atoms with E-state index in [2.05, 4.69) is 5.32 Å². The van der Waals surface area contributed by atoms with Crippen LogP contribution in [0.2, 0.25) is 0 Å². The second kappa shape index (κ2) is 5.49. The van der Waals surface area contributed by atoms with Crippen molar-refractivity contribution in [3.05, 3.63) is 0 Å². The van der Waals surface area contributed by atoms with Crippen LogP contribution < -0.4 is 5.32 Å². The molecule has 1 amide bonds. The van der Waals surface area contributed by atoms with Gasteiger partial charge in [-0.05, 0) is 40.0 Å². The molecule has 2 N–H and O–H groups in total. The average Bonchev–Trinajstić information content (AvgIpc) is 3.00. The molecule has 0 aromatic rings. The van der Waals surface area contributed by atoms with Crippen LogP contribution in [0.15, 0.2) is 0 Å². The molecule has 1 saturated carbocycles. The summed E-state index contributed by atoms with van der Waals surface area (Å²) in [6.45, 7) is 5.49. The summed E-state index contributed by atoms with van der Waals surface area (Å²) in [5.74, 6) is -1.50. The van der Waals surface area contributed by atoms with Crippen molar-refractivity contribution in [2.24, 2.45) is 5.41 Å². The molecule has 1 atom stereocenters. The number of carboxylic acid groups (broad SMARTS) is 1. The molecule has 0 radical (unpaired) electrons. The summed E-state index contributed by atoms with van der Waals surface area (Å²) in [4.78, 5) is 23.1. The van der Waals surface area contributed by atoms with Gasteiger partial charge in [0, 0.05) is 12.6 Å². The van der Waals surface area contributed by atoms with Gasteiger partial charge in [0.25, 0.3) is 0 Å². The monoisotopic (exact) mass is 243 g/mol. The molecule has 0 heterocycles. The Bertz CT molecular complexity index is 299. The van der Waals surface area contributed by atoms with Gasteiger partial charge in [-0.3, -0.25) is 9.59 Å². The van der Waals surface area contributed by atoms with Crippen LogP contribution in [-0.2, 0) is 14.3 Å². The zero-order valence-corrected chi connectivity index (χ0v) is 10.7. The van der Waals surface area contributed by atoms with Crippen LogP contribution in [0.5, 0.6) is 0 Å². The number of nitrogens with one attached hydrogen (secondary N) is 1. The number of hydrogen-bond acceptors (Lipinski definition) is 3. The van der Waals surface area contributed by atoms with E-state index >= 15 is 0 Å². The second-order valence-corrected chi connectivity index (χ2v) is 5.05. The molecule has 0 aromatic heterocycles. The highest BCUT2D eigenvalue weighted by atomic mass is 16.5. The van der Waals surface area contributed by atoms with E-state index in [9.17, 15) is 14.7 Å². The number of carbonyl (C=O) groups is 2. The fourth-order valence-corrected chi connectivity index (χ4v) is 1.39. The van der Waals surface area contributed by atoms with Crippen molar-refractivity contribution in [3.8, 4) is 0 Å². The van der Waals surface area contributed by atoms with Crippen LogP contribution in [0.1, 0.15) is 40.0 Å². The standard InChI is InChI=1S/C12H21NO4/c1-8(2)17-7-6-12(3,11(15)16)10(14)13-9-4-5-9/h8-9H,4-7H2,1-3H3,(H,13,14)(H,15,16). The Labute approximate surface area is 102 Å². The maximum Gasteiger partial charge on any atom is 0.319 e. The quantitative estimate of drug-likeness (QED) is 0.658. The number of aliphatic carboxylic acids is 1. The summed E-state index contributed by atoms with van der Waals surface area (Å²) in [7, 11) is 0. The second-order valence-electron chi connectivity index (χ2n) is 5.05. The van der Waals surface area contributed by atoms with Gasteiger partial charge < -0.3 is 15.2 Å². The first-order valence-electron chi connectivity index (χ1n) is 6.02. The molecule has 0 bridgehead atoms. The fourth-order valence-electron chi connectivity index (χ4n) is 1.39. The lowest BCUT2D eigenvalue weighted by atomic mass is 9.86. The van der Waals surface area contributed by atoms with Crippen molar-refractivity contribution < 1.29 is 19.4 Å². The Hall–Kier alpha value is -1.10. The molecule has 17 heavy (non-hydrogen) atoms. The highest BCUT2D eigenvalue weighted by Crippen LogP contribution is 2.26. The molecule has 0 spiro atoms. The molecule has 1 aliphatic carbocycles. The molecular formula is C12H21NO4. The van der Waals surface area contributed by atoms with E-state index in [1.165, 1.54) is 6.92 Å². The van der Waals surface area contributed by atoms with Crippen molar-refractivity contribution >= 4 is 11.9 Å². The predicted molar refractivity (Wildman–Crippen MR) is 62.6 cm³/mol. The van der Waals surface area contributed by atoms with Gasteiger partial charge in [-0.2, -0.15) is 0 Å². The summed E-state index contributed by atoms with van der Waals surface area (Å²) in [5, 5.41) is 11.9. The topological polar surface area (TPSA) is 75.6 Å². The smallest absolute Gasteiger partial charge is 0.319 e. The van der Waals surface area contributed by atoms with E-state index in [1.54, 1.807) is 0 Å². The SMILES string of the molecule is CC(C)OCCC(C)(C(=O)O)C(=O)NC1CC1. The van der Waals surface area contributed by atoms with Gasteiger partial charge in [0.15, 0.2) is 0 Å². The minimum atomic E-state index is -1.39. The summed E-state index contributed by atoms with van der Waals surface area (Å²) < 4.78 is 5.32. The van der Waals surface area contributed by atoms with Crippen molar-refractivity contribution in [2.75, 3.05) is 6.61 Å². The van der Waals surface area contributed by atoms with Crippen LogP contribution in [0.4, 0.5) is 0 Å². The van der Waals surface area contributed by atoms with Gasteiger partial charge in [0.1, 0.15) is 5.41 Å². The molecule has 1 rings (SSSR count). The van der Waals surface area contributed by atoms with Gasteiger partial charge in [-0.25, -0.2) is 0 Å². The van der Waals surface area contributed by atoms with Gasteiger partial charge in [-0.15, -0.1) is 0 Å². The summed E-state index contributed by atoms with van der Waals surface area (Å²) >= 11 is 0. The number of ether oxygens (including phenoxy) is 1. The Morgan fingerprint density at radius 1 is 1.47 bits per heavy atom. The average molecular weight is 243 g/mol. The lowest BCUT2D eigenvalue weighted by Crippen LogP contribution is -2.46.